The van der Waals surface area contributed by atoms with Gasteiger partial charge in [-0.25, -0.2) is 4.39 Å². The van der Waals surface area contributed by atoms with Crippen LogP contribution in [-0.2, 0) is 28.9 Å². The van der Waals surface area contributed by atoms with Crippen LogP contribution < -0.4 is 10.6 Å². The average Bonchev–Trinajstić information content (AvgIpc) is 2.92. The third kappa shape index (κ3) is 4.19. The van der Waals surface area contributed by atoms with Gasteiger partial charge in [0.2, 0.25) is 11.8 Å². The van der Waals surface area contributed by atoms with Crippen LogP contribution in [0.5, 0.6) is 0 Å². The van der Waals surface area contributed by atoms with E-state index in [9.17, 15) is 14.0 Å². The maximum atomic E-state index is 13.1. The first-order valence-corrected chi connectivity index (χ1v) is 8.03. The molecule has 0 saturated carbocycles. The molecular formula is C19H19FN2O2. The molecule has 124 valence electrons. The van der Waals surface area contributed by atoms with E-state index >= 15 is 0 Å². The Hall–Kier alpha value is -2.69. The number of nitrogens with one attached hydrogen (secondary N) is 2. The van der Waals surface area contributed by atoms with E-state index in [0.717, 1.165) is 22.4 Å². The molecule has 5 heteroatoms. The van der Waals surface area contributed by atoms with E-state index in [0.29, 0.717) is 32.2 Å². The lowest BCUT2D eigenvalue weighted by molar-refractivity contribution is -0.121. The molecule has 2 N–H and O–H groups in total. The number of anilines is 1. The SMILES string of the molecule is O=C(CCc1cccc(F)c1)NCCc1ccc2c(c1)CC(=O)N2. The molecule has 0 fully saturated rings. The van der Waals surface area contributed by atoms with Gasteiger partial charge < -0.3 is 10.6 Å². The van der Waals surface area contributed by atoms with Crippen molar-refractivity contribution in [2.24, 2.45) is 0 Å². The minimum Gasteiger partial charge on any atom is -0.356 e. The maximum Gasteiger partial charge on any atom is 0.228 e. The highest BCUT2D eigenvalue weighted by molar-refractivity contribution is 5.99. The van der Waals surface area contributed by atoms with Gasteiger partial charge in [0.05, 0.1) is 6.42 Å². The molecular weight excluding hydrogens is 307 g/mol. The lowest BCUT2D eigenvalue weighted by Gasteiger charge is -2.07. The second-order valence-electron chi connectivity index (χ2n) is 5.95. The van der Waals surface area contributed by atoms with Crippen molar-refractivity contribution in [2.45, 2.75) is 25.7 Å². The predicted molar refractivity (Wildman–Crippen MR) is 90.2 cm³/mol. The highest BCUT2D eigenvalue weighted by Crippen LogP contribution is 2.23. The summed E-state index contributed by atoms with van der Waals surface area (Å²) >= 11 is 0. The summed E-state index contributed by atoms with van der Waals surface area (Å²) in [5, 5.41) is 5.68. The van der Waals surface area contributed by atoms with Crippen LogP contribution in [0.1, 0.15) is 23.1 Å². The van der Waals surface area contributed by atoms with Gasteiger partial charge in [0.25, 0.3) is 0 Å². The van der Waals surface area contributed by atoms with Crippen LogP contribution in [0.4, 0.5) is 10.1 Å². The van der Waals surface area contributed by atoms with E-state index in [-0.39, 0.29) is 17.6 Å². The molecule has 0 bridgehead atoms. The number of carbonyl (C=O) groups is 2. The molecule has 0 atom stereocenters. The molecule has 1 aliphatic rings. The third-order valence-electron chi connectivity index (χ3n) is 4.06. The summed E-state index contributed by atoms with van der Waals surface area (Å²) in [5.41, 5.74) is 3.80. The fourth-order valence-electron chi connectivity index (χ4n) is 2.82. The zero-order valence-electron chi connectivity index (χ0n) is 13.3. The second-order valence-corrected chi connectivity index (χ2v) is 5.95. The van der Waals surface area contributed by atoms with E-state index in [1.165, 1.54) is 12.1 Å². The standard InChI is InChI=1S/C19H19FN2O2/c20-16-3-1-2-13(11-16)5-7-18(23)21-9-8-14-4-6-17-15(10-14)12-19(24)22-17/h1-4,6,10-11H,5,7-9,12H2,(H,21,23)(H,22,24). The number of benzene rings is 2. The van der Waals surface area contributed by atoms with Gasteiger partial charge in [0, 0.05) is 18.7 Å². The highest BCUT2D eigenvalue weighted by Gasteiger charge is 2.17. The molecule has 3 rings (SSSR count). The summed E-state index contributed by atoms with van der Waals surface area (Å²) in [7, 11) is 0. The average molecular weight is 326 g/mol. The summed E-state index contributed by atoms with van der Waals surface area (Å²) < 4.78 is 13.1. The van der Waals surface area contributed by atoms with Gasteiger partial charge in [0.15, 0.2) is 0 Å². The first-order valence-electron chi connectivity index (χ1n) is 8.03. The van der Waals surface area contributed by atoms with Crippen molar-refractivity contribution in [3.05, 3.63) is 65.0 Å². The first-order chi connectivity index (χ1) is 11.6. The van der Waals surface area contributed by atoms with E-state index in [2.05, 4.69) is 10.6 Å². The monoisotopic (exact) mass is 326 g/mol. The van der Waals surface area contributed by atoms with Crippen molar-refractivity contribution in [1.82, 2.24) is 5.32 Å². The topological polar surface area (TPSA) is 58.2 Å². The smallest absolute Gasteiger partial charge is 0.228 e. The van der Waals surface area contributed by atoms with Gasteiger partial charge in [-0.2, -0.15) is 0 Å². The van der Waals surface area contributed by atoms with Gasteiger partial charge in [-0.3, -0.25) is 9.59 Å². The summed E-state index contributed by atoms with van der Waals surface area (Å²) in [6.45, 7) is 0.544. The van der Waals surface area contributed by atoms with Crippen LogP contribution in [0.3, 0.4) is 0 Å². The molecule has 0 radical (unpaired) electrons. The van der Waals surface area contributed by atoms with E-state index < -0.39 is 0 Å². The van der Waals surface area contributed by atoms with Crippen LogP contribution in [-0.4, -0.2) is 18.4 Å². The van der Waals surface area contributed by atoms with Gasteiger partial charge in [0.1, 0.15) is 5.82 Å². The number of aryl methyl sites for hydroxylation is 1. The molecule has 4 nitrogen and oxygen atoms in total. The van der Waals surface area contributed by atoms with E-state index in [1.54, 1.807) is 6.07 Å². The molecule has 0 aromatic heterocycles. The fourth-order valence-corrected chi connectivity index (χ4v) is 2.82. The zero-order valence-corrected chi connectivity index (χ0v) is 13.3. The van der Waals surface area contributed by atoms with Crippen LogP contribution in [0.15, 0.2) is 42.5 Å². The molecule has 0 unspecified atom stereocenters. The third-order valence-corrected chi connectivity index (χ3v) is 4.06. The number of hydrogen-bond donors (Lipinski definition) is 2. The molecule has 1 aliphatic heterocycles. The van der Waals surface area contributed by atoms with Gasteiger partial charge in [-0.1, -0.05) is 24.3 Å². The van der Waals surface area contributed by atoms with Crippen molar-refractivity contribution >= 4 is 17.5 Å². The quantitative estimate of drug-likeness (QED) is 0.857. The Kier molecular flexibility index (Phi) is 4.89. The number of carbonyl (C=O) groups excluding carboxylic acids is 2. The van der Waals surface area contributed by atoms with Gasteiger partial charge in [-0.15, -0.1) is 0 Å². The Morgan fingerprint density at radius 3 is 2.79 bits per heavy atom. The predicted octanol–water partition coefficient (Wildman–Crippen LogP) is 2.61. The zero-order chi connectivity index (χ0) is 16.9. The number of fused-ring (bicyclic) bond motifs is 1. The Bertz CT molecular complexity index is 774. The maximum absolute atomic E-state index is 13.1. The lowest BCUT2D eigenvalue weighted by atomic mass is 10.1. The lowest BCUT2D eigenvalue weighted by Crippen LogP contribution is -2.25. The van der Waals surface area contributed by atoms with Crippen LogP contribution in [0.25, 0.3) is 0 Å². The number of amides is 2. The Morgan fingerprint density at radius 2 is 1.96 bits per heavy atom. The molecule has 2 amide bonds. The molecule has 0 saturated heterocycles. The number of hydrogen-bond acceptors (Lipinski definition) is 2. The molecule has 0 spiro atoms. The molecule has 1 heterocycles. The molecule has 2 aromatic carbocycles. The van der Waals surface area contributed by atoms with E-state index in [4.69, 9.17) is 0 Å². The fraction of sp³-hybridized carbons (Fsp3) is 0.263. The highest BCUT2D eigenvalue weighted by atomic mass is 19.1. The molecule has 0 aliphatic carbocycles. The van der Waals surface area contributed by atoms with Crippen LogP contribution >= 0.6 is 0 Å². The largest absolute Gasteiger partial charge is 0.356 e. The summed E-state index contributed by atoms with van der Waals surface area (Å²) in [6, 6.07) is 12.2. The van der Waals surface area contributed by atoms with E-state index in [1.807, 2.05) is 24.3 Å². The Morgan fingerprint density at radius 1 is 1.12 bits per heavy atom. The van der Waals surface area contributed by atoms with Crippen molar-refractivity contribution in [3.8, 4) is 0 Å². The van der Waals surface area contributed by atoms with Gasteiger partial charge in [-0.05, 0) is 47.7 Å². The summed E-state index contributed by atoms with van der Waals surface area (Å²) in [4.78, 5) is 23.2. The van der Waals surface area contributed by atoms with Crippen molar-refractivity contribution in [3.63, 3.8) is 0 Å². The van der Waals surface area contributed by atoms with Crippen molar-refractivity contribution < 1.29 is 14.0 Å². The normalized spacial score (nSPS) is 12.6. The van der Waals surface area contributed by atoms with Crippen molar-refractivity contribution in [1.29, 1.82) is 0 Å². The minimum absolute atomic E-state index is 0.0211. The minimum atomic E-state index is -0.280. The number of halogens is 1. The molecule has 24 heavy (non-hydrogen) atoms. The Labute approximate surface area is 140 Å². The molecule has 2 aromatic rings. The Balaban J connectivity index is 1.42. The summed E-state index contributed by atoms with van der Waals surface area (Å²) in [5.74, 6) is -0.303. The van der Waals surface area contributed by atoms with Gasteiger partial charge >= 0.3 is 0 Å². The second kappa shape index (κ2) is 7.25. The van der Waals surface area contributed by atoms with Crippen LogP contribution in [0, 0.1) is 5.82 Å². The van der Waals surface area contributed by atoms with Crippen molar-refractivity contribution in [2.75, 3.05) is 11.9 Å². The number of rotatable bonds is 6. The van der Waals surface area contributed by atoms with Crippen LogP contribution in [0.2, 0.25) is 0 Å². The first kappa shape index (κ1) is 16.2. The summed E-state index contributed by atoms with van der Waals surface area (Å²) in [6.07, 6.45) is 2.00.